The van der Waals surface area contributed by atoms with E-state index in [9.17, 15) is 18.0 Å². The number of hydrogen-bond acceptors (Lipinski definition) is 6. The number of amides is 1. The summed E-state index contributed by atoms with van der Waals surface area (Å²) in [5.74, 6) is -0.888. The van der Waals surface area contributed by atoms with Gasteiger partial charge in [0, 0.05) is 13.0 Å². The van der Waals surface area contributed by atoms with Gasteiger partial charge in [0.15, 0.2) is 14.6 Å². The number of methoxy groups -OCH3 is 1. The molecule has 0 bridgehead atoms. The number of ether oxygens (including phenoxy) is 1. The van der Waals surface area contributed by atoms with Crippen molar-refractivity contribution in [2.24, 2.45) is 4.99 Å². The Hall–Kier alpha value is -2.78. The quantitative estimate of drug-likeness (QED) is 0.481. The molecule has 31 heavy (non-hydrogen) atoms. The van der Waals surface area contributed by atoms with Gasteiger partial charge in [0.2, 0.25) is 5.91 Å². The summed E-state index contributed by atoms with van der Waals surface area (Å²) >= 11 is 1.31. The lowest BCUT2D eigenvalue weighted by Gasteiger charge is -2.04. The molecule has 0 radical (unpaired) electrons. The van der Waals surface area contributed by atoms with E-state index in [1.165, 1.54) is 18.4 Å². The Morgan fingerprint density at radius 2 is 1.87 bits per heavy atom. The first-order chi connectivity index (χ1) is 14.8. The maximum absolute atomic E-state index is 12.4. The lowest BCUT2D eigenvalue weighted by molar-refractivity contribution is -0.118. The van der Waals surface area contributed by atoms with Crippen molar-refractivity contribution in [2.75, 3.05) is 12.9 Å². The topological polar surface area (TPSA) is 94.8 Å². The van der Waals surface area contributed by atoms with Crippen molar-refractivity contribution < 1.29 is 22.7 Å². The van der Waals surface area contributed by atoms with Crippen LogP contribution in [-0.4, -0.2) is 37.7 Å². The van der Waals surface area contributed by atoms with E-state index in [0.29, 0.717) is 16.9 Å². The smallest absolute Gasteiger partial charge is 0.337 e. The maximum Gasteiger partial charge on any atom is 0.337 e. The van der Waals surface area contributed by atoms with Gasteiger partial charge < -0.3 is 9.30 Å². The third-order valence-corrected chi connectivity index (χ3v) is 7.44. The van der Waals surface area contributed by atoms with Gasteiger partial charge in [0.25, 0.3) is 0 Å². The fraction of sp³-hybridized carbons (Fsp3) is 0.318. The molecule has 0 spiro atoms. The normalized spacial score (nSPS) is 12.3. The zero-order valence-corrected chi connectivity index (χ0v) is 19.0. The Morgan fingerprint density at radius 1 is 1.13 bits per heavy atom. The van der Waals surface area contributed by atoms with Crippen LogP contribution < -0.4 is 4.80 Å². The highest BCUT2D eigenvalue weighted by Gasteiger charge is 2.14. The summed E-state index contributed by atoms with van der Waals surface area (Å²) in [6.45, 7) is 2.55. The van der Waals surface area contributed by atoms with Crippen LogP contribution in [0.15, 0.2) is 53.5 Å². The first kappa shape index (κ1) is 22.9. The van der Waals surface area contributed by atoms with Crippen molar-refractivity contribution >= 4 is 43.3 Å². The van der Waals surface area contributed by atoms with E-state index in [4.69, 9.17) is 4.74 Å². The zero-order valence-electron chi connectivity index (χ0n) is 17.4. The van der Waals surface area contributed by atoms with Gasteiger partial charge in [0.1, 0.15) is 0 Å². The van der Waals surface area contributed by atoms with Crippen LogP contribution in [0, 0.1) is 0 Å². The second kappa shape index (κ2) is 10.0. The third kappa shape index (κ3) is 5.89. The average Bonchev–Trinajstić information content (AvgIpc) is 3.09. The summed E-state index contributed by atoms with van der Waals surface area (Å²) in [7, 11) is -1.97. The van der Waals surface area contributed by atoms with E-state index in [1.54, 1.807) is 42.5 Å². The van der Waals surface area contributed by atoms with Crippen LogP contribution in [0.4, 0.5) is 0 Å². The first-order valence-corrected chi connectivity index (χ1v) is 12.5. The number of fused-ring (bicyclic) bond motifs is 1. The van der Waals surface area contributed by atoms with Gasteiger partial charge in [0.05, 0.1) is 34.4 Å². The van der Waals surface area contributed by atoms with Gasteiger partial charge >= 0.3 is 5.97 Å². The fourth-order valence-corrected chi connectivity index (χ4v) is 5.79. The molecule has 0 aliphatic heterocycles. The Balaban J connectivity index is 1.71. The number of carbonyl (C=O) groups excluding carboxylic acids is 2. The number of benzene rings is 2. The average molecular weight is 461 g/mol. The Kier molecular flexibility index (Phi) is 7.40. The lowest BCUT2D eigenvalue weighted by atomic mass is 10.2. The van der Waals surface area contributed by atoms with Gasteiger partial charge in [-0.25, -0.2) is 13.2 Å². The van der Waals surface area contributed by atoms with E-state index in [-0.39, 0.29) is 30.3 Å². The maximum atomic E-state index is 12.4. The predicted molar refractivity (Wildman–Crippen MR) is 121 cm³/mol. The second-order valence-corrected chi connectivity index (χ2v) is 10.2. The molecule has 3 rings (SSSR count). The molecule has 0 aliphatic rings. The summed E-state index contributed by atoms with van der Waals surface area (Å²) in [5, 5.41) is 0. The van der Waals surface area contributed by atoms with Crippen LogP contribution >= 0.6 is 11.3 Å². The summed E-state index contributed by atoms with van der Waals surface area (Å²) in [6, 6.07) is 14.2. The summed E-state index contributed by atoms with van der Waals surface area (Å²) in [6.07, 6.45) is 0.278. The molecule has 164 valence electrons. The van der Waals surface area contributed by atoms with E-state index >= 15 is 0 Å². The molecule has 0 saturated carbocycles. The van der Waals surface area contributed by atoms with E-state index < -0.39 is 15.8 Å². The number of nitrogens with zero attached hydrogens (tertiary/aromatic N) is 2. The Morgan fingerprint density at radius 3 is 2.55 bits per heavy atom. The van der Waals surface area contributed by atoms with E-state index in [2.05, 4.69) is 4.99 Å². The minimum atomic E-state index is -3.29. The summed E-state index contributed by atoms with van der Waals surface area (Å²) in [4.78, 5) is 28.9. The molecule has 1 aromatic heterocycles. The van der Waals surface area contributed by atoms with Crippen LogP contribution in [0.3, 0.4) is 0 Å². The van der Waals surface area contributed by atoms with Gasteiger partial charge in [-0.3, -0.25) is 4.79 Å². The standard InChI is InChI=1S/C22H24N2O5S2/c1-3-24-18-12-11-17(21(26)29-2)14-19(18)30-22(24)23-20(25)10-7-13-31(27,28)15-16-8-5-4-6-9-16/h4-6,8-9,11-12,14H,3,7,10,13,15H2,1-2H3. The molecule has 0 saturated heterocycles. The number of aryl methyl sites for hydroxylation is 1. The van der Waals surface area contributed by atoms with Crippen LogP contribution in [0.1, 0.15) is 35.7 Å². The van der Waals surface area contributed by atoms with Crippen molar-refractivity contribution in [1.82, 2.24) is 4.57 Å². The van der Waals surface area contributed by atoms with Crippen molar-refractivity contribution in [3.63, 3.8) is 0 Å². The van der Waals surface area contributed by atoms with E-state index in [0.717, 1.165) is 15.8 Å². The summed E-state index contributed by atoms with van der Waals surface area (Å²) < 4.78 is 32.0. The Bertz CT molecular complexity index is 1260. The number of aromatic nitrogens is 1. The lowest BCUT2D eigenvalue weighted by Crippen LogP contribution is -2.16. The number of esters is 1. The molecule has 1 heterocycles. The molecule has 0 atom stereocenters. The molecule has 0 N–H and O–H groups in total. The minimum Gasteiger partial charge on any atom is -0.465 e. The molecule has 1 amide bonds. The predicted octanol–water partition coefficient (Wildman–Crippen LogP) is 3.33. The minimum absolute atomic E-state index is 0.0339. The monoisotopic (exact) mass is 460 g/mol. The molecule has 7 nitrogen and oxygen atoms in total. The third-order valence-electron chi connectivity index (χ3n) is 4.72. The van der Waals surface area contributed by atoms with Crippen LogP contribution in [0.5, 0.6) is 0 Å². The number of thiazole rings is 1. The molecule has 3 aromatic rings. The molecule has 2 aromatic carbocycles. The van der Waals surface area contributed by atoms with Gasteiger partial charge in [-0.05, 0) is 37.1 Å². The second-order valence-electron chi connectivity index (χ2n) is 6.99. The number of carbonyl (C=O) groups is 2. The van der Waals surface area contributed by atoms with Crippen LogP contribution in [0.2, 0.25) is 0 Å². The van der Waals surface area contributed by atoms with Gasteiger partial charge in [-0.1, -0.05) is 41.7 Å². The number of sulfone groups is 1. The highest BCUT2D eigenvalue weighted by molar-refractivity contribution is 7.90. The number of rotatable bonds is 8. The van der Waals surface area contributed by atoms with Gasteiger partial charge in [-0.2, -0.15) is 4.99 Å². The Labute approximate surface area is 184 Å². The molecule has 0 fully saturated rings. The SMILES string of the molecule is CCn1c(=NC(=O)CCCS(=O)(=O)Cc2ccccc2)sc2cc(C(=O)OC)ccc21. The van der Waals surface area contributed by atoms with Crippen molar-refractivity contribution in [2.45, 2.75) is 32.1 Å². The summed E-state index contributed by atoms with van der Waals surface area (Å²) in [5.41, 5.74) is 2.04. The fourth-order valence-electron chi connectivity index (χ4n) is 3.22. The number of hydrogen-bond donors (Lipinski definition) is 0. The van der Waals surface area contributed by atoms with Crippen LogP contribution in [-0.2, 0) is 31.7 Å². The molecule has 9 heteroatoms. The highest BCUT2D eigenvalue weighted by Crippen LogP contribution is 2.20. The van der Waals surface area contributed by atoms with Crippen LogP contribution in [0.25, 0.3) is 10.2 Å². The van der Waals surface area contributed by atoms with Crippen molar-refractivity contribution in [1.29, 1.82) is 0 Å². The molecule has 0 aliphatic carbocycles. The zero-order chi connectivity index (χ0) is 22.4. The first-order valence-electron chi connectivity index (χ1n) is 9.86. The van der Waals surface area contributed by atoms with Crippen molar-refractivity contribution in [3.05, 3.63) is 64.5 Å². The highest BCUT2D eigenvalue weighted by atomic mass is 32.2. The molecular formula is C22H24N2O5S2. The largest absolute Gasteiger partial charge is 0.465 e. The van der Waals surface area contributed by atoms with Gasteiger partial charge in [-0.15, -0.1) is 0 Å². The molecular weight excluding hydrogens is 436 g/mol. The van der Waals surface area contributed by atoms with E-state index in [1.807, 2.05) is 17.6 Å². The molecule has 0 unspecified atom stereocenters. The van der Waals surface area contributed by atoms with Crippen molar-refractivity contribution in [3.8, 4) is 0 Å².